The van der Waals surface area contributed by atoms with Crippen LogP contribution in [0.4, 0.5) is 0 Å². The maximum absolute atomic E-state index is 10.3. The monoisotopic (exact) mass is 632 g/mol. The Balaban J connectivity index is -0.000000611. The lowest BCUT2D eigenvalue weighted by Gasteiger charge is -2.17. The van der Waals surface area contributed by atoms with E-state index in [-0.39, 0.29) is 19.8 Å². The molecular weight excluding hydrogens is 558 g/mol. The van der Waals surface area contributed by atoms with Crippen molar-refractivity contribution in [3.8, 4) is 0 Å². The predicted octanol–water partition coefficient (Wildman–Crippen LogP) is 8.37. The minimum Gasteiger partial charge on any atom is -0.481 e. The second kappa shape index (κ2) is 43.6. The molecule has 44 heavy (non-hydrogen) atoms. The summed E-state index contributed by atoms with van der Waals surface area (Å²) in [6.45, 7) is 6.24. The summed E-state index contributed by atoms with van der Waals surface area (Å²) in [4.78, 5) is 22.3. The average molecular weight is 632 g/mol. The number of rotatable bonds is 31. The van der Waals surface area contributed by atoms with Gasteiger partial charge in [-0.15, -0.1) is 0 Å². The molecule has 0 fully saturated rings. The van der Waals surface area contributed by atoms with Gasteiger partial charge in [0.1, 0.15) is 0 Å². The number of hydrogen-bond acceptors (Lipinski definition) is 6. The van der Waals surface area contributed by atoms with E-state index in [1.54, 1.807) is 4.90 Å². The van der Waals surface area contributed by atoms with Crippen molar-refractivity contribution in [3.63, 3.8) is 0 Å². The highest BCUT2D eigenvalue weighted by Gasteiger charge is 2.00. The zero-order valence-electron chi connectivity index (χ0n) is 28.9. The SMILES string of the molecule is CCCCCCCC/C=C\CCCCCCCC(=O)O.CCCCCCCCCCCC(=O)O.OCCN(CCO)CCO. The first-order chi connectivity index (χ1) is 21.4. The maximum Gasteiger partial charge on any atom is 0.303 e. The molecule has 0 bridgehead atoms. The van der Waals surface area contributed by atoms with Gasteiger partial charge in [-0.3, -0.25) is 14.5 Å². The lowest BCUT2D eigenvalue weighted by atomic mass is 10.1. The van der Waals surface area contributed by atoms with Crippen molar-refractivity contribution < 1.29 is 35.1 Å². The molecule has 8 nitrogen and oxygen atoms in total. The molecule has 0 aliphatic carbocycles. The van der Waals surface area contributed by atoms with Crippen LogP contribution >= 0.6 is 0 Å². The summed E-state index contributed by atoms with van der Waals surface area (Å²) in [6.07, 6.45) is 32.7. The largest absolute Gasteiger partial charge is 0.481 e. The maximum atomic E-state index is 10.3. The Hall–Kier alpha value is -1.48. The molecule has 264 valence electrons. The number of nitrogens with zero attached hydrogens (tertiary/aromatic N) is 1. The van der Waals surface area contributed by atoms with E-state index in [1.165, 1.54) is 116 Å². The van der Waals surface area contributed by atoms with Gasteiger partial charge in [0, 0.05) is 32.5 Å². The fourth-order valence-electron chi connectivity index (χ4n) is 4.69. The van der Waals surface area contributed by atoms with Crippen molar-refractivity contribution in [2.24, 2.45) is 0 Å². The molecule has 0 aromatic heterocycles. The molecule has 0 unspecified atom stereocenters. The van der Waals surface area contributed by atoms with E-state index in [0.29, 0.717) is 32.5 Å². The summed E-state index contributed by atoms with van der Waals surface area (Å²) in [5, 5.41) is 42.4. The van der Waals surface area contributed by atoms with Gasteiger partial charge in [-0.05, 0) is 38.5 Å². The van der Waals surface area contributed by atoms with Gasteiger partial charge in [0.05, 0.1) is 19.8 Å². The van der Waals surface area contributed by atoms with Gasteiger partial charge in [-0.1, -0.05) is 129 Å². The Morgan fingerprint density at radius 2 is 0.727 bits per heavy atom. The van der Waals surface area contributed by atoms with Crippen LogP contribution < -0.4 is 0 Å². The number of unbranched alkanes of at least 4 members (excludes halogenated alkanes) is 19. The van der Waals surface area contributed by atoms with E-state index in [4.69, 9.17) is 25.5 Å². The first-order valence-electron chi connectivity index (χ1n) is 18.0. The minimum atomic E-state index is -0.664. The second-order valence-electron chi connectivity index (χ2n) is 11.7. The number of aliphatic hydroxyl groups excluding tert-OH is 3. The van der Waals surface area contributed by atoms with Crippen molar-refractivity contribution in [2.75, 3.05) is 39.5 Å². The van der Waals surface area contributed by atoms with Crippen molar-refractivity contribution in [1.29, 1.82) is 0 Å². The highest BCUT2D eigenvalue weighted by Crippen LogP contribution is 2.11. The van der Waals surface area contributed by atoms with Crippen molar-refractivity contribution in [3.05, 3.63) is 12.2 Å². The molecule has 0 aliphatic heterocycles. The third-order valence-electron chi connectivity index (χ3n) is 7.40. The normalized spacial score (nSPS) is 10.9. The van der Waals surface area contributed by atoms with Crippen LogP contribution in [0.15, 0.2) is 12.2 Å². The summed E-state index contributed by atoms with van der Waals surface area (Å²) in [6, 6.07) is 0. The summed E-state index contributed by atoms with van der Waals surface area (Å²) < 4.78 is 0. The molecule has 5 N–H and O–H groups in total. The number of carboxylic acid groups (broad SMARTS) is 2. The molecule has 0 aromatic carbocycles. The van der Waals surface area contributed by atoms with Gasteiger partial charge < -0.3 is 25.5 Å². The summed E-state index contributed by atoms with van der Waals surface area (Å²) in [5.41, 5.74) is 0. The van der Waals surface area contributed by atoms with E-state index in [9.17, 15) is 9.59 Å². The zero-order chi connectivity index (χ0) is 33.4. The number of aliphatic hydroxyl groups is 3. The molecule has 0 atom stereocenters. The van der Waals surface area contributed by atoms with Crippen LogP contribution in [-0.2, 0) is 9.59 Å². The van der Waals surface area contributed by atoms with E-state index < -0.39 is 11.9 Å². The molecule has 0 aliphatic rings. The summed E-state index contributed by atoms with van der Waals surface area (Å²) >= 11 is 0. The van der Waals surface area contributed by atoms with Gasteiger partial charge in [0.2, 0.25) is 0 Å². The molecule has 0 aromatic rings. The molecule has 0 amide bonds. The number of hydrogen-bond donors (Lipinski definition) is 5. The van der Waals surface area contributed by atoms with Crippen LogP contribution in [-0.4, -0.2) is 81.8 Å². The minimum absolute atomic E-state index is 0.0694. The zero-order valence-corrected chi connectivity index (χ0v) is 28.9. The van der Waals surface area contributed by atoms with Crippen LogP contribution in [0.25, 0.3) is 0 Å². The number of carbonyl (C=O) groups is 2. The van der Waals surface area contributed by atoms with Gasteiger partial charge >= 0.3 is 11.9 Å². The fourth-order valence-corrected chi connectivity index (χ4v) is 4.69. The topological polar surface area (TPSA) is 139 Å². The smallest absolute Gasteiger partial charge is 0.303 e. The van der Waals surface area contributed by atoms with Crippen molar-refractivity contribution in [1.82, 2.24) is 4.90 Å². The lowest BCUT2D eigenvalue weighted by molar-refractivity contribution is -0.138. The summed E-state index contributed by atoms with van der Waals surface area (Å²) in [7, 11) is 0. The van der Waals surface area contributed by atoms with Crippen molar-refractivity contribution in [2.45, 2.75) is 168 Å². The van der Waals surface area contributed by atoms with E-state index in [2.05, 4.69) is 26.0 Å². The number of aliphatic carboxylic acids is 2. The quantitative estimate of drug-likeness (QED) is 0.0380. The van der Waals surface area contributed by atoms with E-state index in [1.807, 2.05) is 0 Å². The molecule has 0 saturated carbocycles. The van der Waals surface area contributed by atoms with E-state index in [0.717, 1.165) is 25.7 Å². The molecule has 8 heteroatoms. The van der Waals surface area contributed by atoms with Gasteiger partial charge in [-0.25, -0.2) is 0 Å². The molecule has 0 rings (SSSR count). The predicted molar refractivity (Wildman–Crippen MR) is 184 cm³/mol. The summed E-state index contributed by atoms with van der Waals surface area (Å²) in [5.74, 6) is -1.32. The van der Waals surface area contributed by atoms with Crippen LogP contribution in [0.5, 0.6) is 0 Å². The lowest BCUT2D eigenvalue weighted by Crippen LogP contribution is -2.32. The average Bonchev–Trinajstić information content (AvgIpc) is 2.99. The van der Waals surface area contributed by atoms with Crippen LogP contribution in [0.2, 0.25) is 0 Å². The Bertz CT molecular complexity index is 573. The van der Waals surface area contributed by atoms with Crippen LogP contribution in [0.1, 0.15) is 168 Å². The molecule has 0 saturated heterocycles. The standard InChI is InChI=1S/C18H34O2.C12H24O2.C6H15NO3/c1-2-3-4-5-6-7-8-9-10-11-12-13-14-15-16-17-18(19)20;1-2-3-4-5-6-7-8-9-10-11-12(13)14;8-4-1-7(2-5-9)3-6-10/h9-10H,2-8,11-17H2,1H3,(H,19,20);2-11H2,1H3,(H,13,14);8-10H,1-6H2/b10-9-;;. The Labute approximate surface area is 271 Å². The molecule has 0 heterocycles. The third kappa shape index (κ3) is 50.2. The highest BCUT2D eigenvalue weighted by atomic mass is 16.4. The number of allylic oxidation sites excluding steroid dienone is 2. The first kappa shape index (κ1) is 46.9. The second-order valence-corrected chi connectivity index (χ2v) is 11.7. The molecular formula is C36H73NO7. The van der Waals surface area contributed by atoms with Crippen LogP contribution in [0.3, 0.4) is 0 Å². The van der Waals surface area contributed by atoms with E-state index >= 15 is 0 Å². The molecule has 0 spiro atoms. The highest BCUT2D eigenvalue weighted by molar-refractivity contribution is 5.66. The van der Waals surface area contributed by atoms with Crippen LogP contribution in [0, 0.1) is 0 Å². The van der Waals surface area contributed by atoms with Gasteiger partial charge in [-0.2, -0.15) is 0 Å². The Morgan fingerprint density at radius 3 is 1.00 bits per heavy atom. The number of carboxylic acids is 2. The molecule has 0 radical (unpaired) electrons. The fraction of sp³-hybridized carbons (Fsp3) is 0.889. The van der Waals surface area contributed by atoms with Gasteiger partial charge in [0.25, 0.3) is 0 Å². The Kier molecular flexibility index (Phi) is 46.6. The third-order valence-corrected chi connectivity index (χ3v) is 7.40. The van der Waals surface area contributed by atoms with Gasteiger partial charge in [0.15, 0.2) is 0 Å². The Morgan fingerprint density at radius 1 is 0.455 bits per heavy atom. The first-order valence-corrected chi connectivity index (χ1v) is 18.0. The van der Waals surface area contributed by atoms with Crippen molar-refractivity contribution >= 4 is 11.9 Å².